The second kappa shape index (κ2) is 4.98. The van der Waals surface area contributed by atoms with Crippen molar-refractivity contribution in [3.63, 3.8) is 0 Å². The highest BCUT2D eigenvalue weighted by molar-refractivity contribution is 7.84. The maximum atomic E-state index is 12.3. The summed E-state index contributed by atoms with van der Waals surface area (Å²) in [5.74, 6) is 0. The van der Waals surface area contributed by atoms with E-state index >= 15 is 0 Å². The summed E-state index contributed by atoms with van der Waals surface area (Å²) >= 11 is 0. The molecule has 0 aliphatic heterocycles. The van der Waals surface area contributed by atoms with Crippen LogP contribution in [0.5, 0.6) is 0 Å². The number of hydrogen-bond acceptors (Lipinski definition) is 6. The molecule has 0 bridgehead atoms. The number of nitrogens with zero attached hydrogens (tertiary/aromatic N) is 1. The molecule has 0 fully saturated rings. The van der Waals surface area contributed by atoms with Gasteiger partial charge >= 0.3 is 10.4 Å². The third kappa shape index (κ3) is 6.21. The van der Waals surface area contributed by atoms with Gasteiger partial charge in [0.1, 0.15) is 0 Å². The van der Waals surface area contributed by atoms with Crippen molar-refractivity contribution >= 4 is 20.8 Å². The van der Waals surface area contributed by atoms with Crippen LogP contribution in [0.3, 0.4) is 0 Å². The van der Waals surface area contributed by atoms with E-state index < -0.39 is 34.0 Å². The zero-order valence-electron chi connectivity index (χ0n) is 7.21. The van der Waals surface area contributed by atoms with Crippen LogP contribution in [0.25, 0.3) is 0 Å². The number of halogens is 1. The van der Waals surface area contributed by atoms with Crippen molar-refractivity contribution in [2.45, 2.75) is 6.92 Å². The molecule has 0 aliphatic rings. The topological polar surface area (TPSA) is 104 Å². The van der Waals surface area contributed by atoms with E-state index in [4.69, 9.17) is 0 Å². The molecule has 86 valence electrons. The Morgan fingerprint density at radius 3 is 2.14 bits per heavy atom. The van der Waals surface area contributed by atoms with Crippen LogP contribution >= 0.6 is 0 Å². The zero-order chi connectivity index (χ0) is 11.4. The summed E-state index contributed by atoms with van der Waals surface area (Å²) in [5, 5.41) is 0. The highest BCUT2D eigenvalue weighted by Gasteiger charge is 2.18. The zero-order valence-corrected chi connectivity index (χ0v) is 8.85. The summed E-state index contributed by atoms with van der Waals surface area (Å²) in [6, 6.07) is 0. The Hall–Kier alpha value is -0.290. The normalized spacial score (nSPS) is 13.4. The van der Waals surface area contributed by atoms with E-state index in [0.717, 1.165) is 0 Å². The Labute approximate surface area is 81.8 Å². The Bertz CT molecular complexity index is 361. The van der Waals surface area contributed by atoms with Crippen LogP contribution in [0.2, 0.25) is 0 Å². The second-order valence-electron chi connectivity index (χ2n) is 2.16. The molecule has 0 unspecified atom stereocenters. The summed E-state index contributed by atoms with van der Waals surface area (Å²) in [4.78, 5) is 0. The van der Waals surface area contributed by atoms with E-state index in [1.165, 1.54) is 6.92 Å². The third-order valence-electron chi connectivity index (χ3n) is 1.23. The van der Waals surface area contributed by atoms with Gasteiger partial charge in [0.2, 0.25) is 10.4 Å². The van der Waals surface area contributed by atoms with Crippen LogP contribution in [0, 0.1) is 0 Å². The average Bonchev–Trinajstić information content (AvgIpc) is 1.93. The van der Waals surface area contributed by atoms with Gasteiger partial charge in [0.15, 0.2) is 0 Å². The summed E-state index contributed by atoms with van der Waals surface area (Å²) in [5.41, 5.74) is 0. The number of likely N-dealkylation sites (N-methyl/N-ethyl adjacent to an activating group) is 1. The molecule has 0 N–H and O–H groups in total. The van der Waals surface area contributed by atoms with Gasteiger partial charge < -0.3 is 4.55 Å². The van der Waals surface area contributed by atoms with Gasteiger partial charge in [-0.25, -0.2) is 8.42 Å². The van der Waals surface area contributed by atoms with E-state index in [9.17, 15) is 25.3 Å². The van der Waals surface area contributed by atoms with Crippen molar-refractivity contribution in [2.24, 2.45) is 0 Å². The molecule has 0 aromatic carbocycles. The van der Waals surface area contributed by atoms with Crippen LogP contribution in [0.4, 0.5) is 3.89 Å². The van der Waals surface area contributed by atoms with Gasteiger partial charge in [-0.3, -0.25) is 4.18 Å². The Balaban J connectivity index is 4.12. The third-order valence-corrected chi connectivity index (χ3v) is 2.74. The molecule has 0 spiro atoms. The molecular weight excluding hydrogens is 241 g/mol. The molecule has 0 heterocycles. The van der Waals surface area contributed by atoms with Gasteiger partial charge in [-0.2, -0.15) is 12.7 Å². The fourth-order valence-corrected chi connectivity index (χ4v) is 1.54. The van der Waals surface area contributed by atoms with Crippen LogP contribution in [-0.4, -0.2) is 45.4 Å². The predicted molar refractivity (Wildman–Crippen MR) is 42.9 cm³/mol. The molecule has 0 aliphatic carbocycles. The minimum absolute atomic E-state index is 0.179. The van der Waals surface area contributed by atoms with E-state index in [1.54, 1.807) is 0 Å². The van der Waals surface area contributed by atoms with Gasteiger partial charge in [-0.1, -0.05) is 10.8 Å². The Morgan fingerprint density at radius 1 is 1.36 bits per heavy atom. The molecule has 7 nitrogen and oxygen atoms in total. The molecule has 10 heteroatoms. The fraction of sp³-hybridized carbons (Fsp3) is 1.00. The molecule has 0 radical (unpaired) electrons. The van der Waals surface area contributed by atoms with E-state index in [-0.39, 0.29) is 6.54 Å². The monoisotopic (exact) mass is 250 g/mol. The van der Waals surface area contributed by atoms with Crippen molar-refractivity contribution in [3.05, 3.63) is 0 Å². The first-order valence-electron chi connectivity index (χ1n) is 3.47. The maximum absolute atomic E-state index is 12.3. The van der Waals surface area contributed by atoms with Crippen molar-refractivity contribution in [2.75, 3.05) is 19.7 Å². The predicted octanol–water partition coefficient (Wildman–Crippen LogP) is -1.00. The number of rotatable bonds is 6. The van der Waals surface area contributed by atoms with Crippen LogP contribution in [0.15, 0.2) is 0 Å². The van der Waals surface area contributed by atoms with Crippen molar-refractivity contribution < 1.29 is 29.5 Å². The van der Waals surface area contributed by atoms with Crippen molar-refractivity contribution in [1.82, 2.24) is 4.31 Å². The van der Waals surface area contributed by atoms with Crippen LogP contribution in [0.1, 0.15) is 6.92 Å². The van der Waals surface area contributed by atoms with Crippen molar-refractivity contribution in [3.8, 4) is 0 Å². The van der Waals surface area contributed by atoms with Crippen LogP contribution < -0.4 is 0 Å². The Morgan fingerprint density at radius 2 is 1.86 bits per heavy atom. The SMILES string of the molecule is CCN(CCOS(=O)(=O)[O-])S(=O)(=O)F. The molecule has 0 rings (SSSR count). The lowest BCUT2D eigenvalue weighted by atomic mass is 10.6. The van der Waals surface area contributed by atoms with E-state index in [0.29, 0.717) is 4.31 Å². The summed E-state index contributed by atoms with van der Waals surface area (Å²) in [6.45, 7) is -0.0659. The molecule has 0 aromatic rings. The lowest BCUT2D eigenvalue weighted by molar-refractivity contribution is 0.237. The molecule has 14 heavy (non-hydrogen) atoms. The maximum Gasteiger partial charge on any atom is 0.374 e. The summed E-state index contributed by atoms with van der Waals surface area (Å²) in [7, 11) is -9.74. The van der Waals surface area contributed by atoms with Gasteiger partial charge in [0.05, 0.1) is 6.61 Å². The average molecular weight is 250 g/mol. The summed E-state index contributed by atoms with van der Waals surface area (Å²) < 4.78 is 66.6. The second-order valence-corrected chi connectivity index (χ2v) is 4.56. The first-order chi connectivity index (χ1) is 6.17. The molecular formula is C4H9FNO6S2-. The smallest absolute Gasteiger partial charge is 0.374 e. The molecule has 0 aromatic heterocycles. The standard InChI is InChI=1S/C4H10FNO6S2/c1-2-6(13(5,7)8)3-4-12-14(9,10)11/h2-4H2,1H3,(H,9,10,11)/p-1. The molecule has 0 atom stereocenters. The molecule has 0 saturated carbocycles. The highest BCUT2D eigenvalue weighted by Crippen LogP contribution is 2.01. The number of hydrogen-bond donors (Lipinski definition) is 0. The minimum atomic E-state index is -4.88. The van der Waals surface area contributed by atoms with Gasteiger partial charge in [0, 0.05) is 13.1 Å². The largest absolute Gasteiger partial charge is 0.726 e. The lowest BCUT2D eigenvalue weighted by Gasteiger charge is -2.15. The first kappa shape index (κ1) is 13.7. The minimum Gasteiger partial charge on any atom is -0.726 e. The van der Waals surface area contributed by atoms with Crippen molar-refractivity contribution in [1.29, 1.82) is 0 Å². The lowest BCUT2D eigenvalue weighted by Crippen LogP contribution is -2.31. The molecule has 0 saturated heterocycles. The fourth-order valence-electron chi connectivity index (χ4n) is 0.663. The Kier molecular flexibility index (Phi) is 4.88. The molecule has 0 amide bonds. The van der Waals surface area contributed by atoms with Crippen LogP contribution in [-0.2, 0) is 25.0 Å². The van der Waals surface area contributed by atoms with Gasteiger partial charge in [-0.05, 0) is 0 Å². The summed E-state index contributed by atoms with van der Waals surface area (Å²) in [6.07, 6.45) is 0. The van der Waals surface area contributed by atoms with Gasteiger partial charge in [-0.15, -0.1) is 0 Å². The first-order valence-corrected chi connectivity index (χ1v) is 6.14. The highest BCUT2D eigenvalue weighted by atomic mass is 32.3. The quantitative estimate of drug-likeness (QED) is 0.340. The van der Waals surface area contributed by atoms with E-state index in [2.05, 4.69) is 4.18 Å². The van der Waals surface area contributed by atoms with Gasteiger partial charge in [0.25, 0.3) is 0 Å². The van der Waals surface area contributed by atoms with E-state index in [1.807, 2.05) is 0 Å².